The zero-order chi connectivity index (χ0) is 21.1. The number of hydrogen-bond acceptors (Lipinski definition) is 2. The van der Waals surface area contributed by atoms with Gasteiger partial charge in [-0.2, -0.15) is 0 Å². The molecule has 1 aromatic heterocycles. The van der Waals surface area contributed by atoms with Gasteiger partial charge in [-0.1, -0.05) is 26.8 Å². The molecule has 0 saturated heterocycles. The van der Waals surface area contributed by atoms with Crippen LogP contribution in [0, 0.1) is 28.6 Å². The summed E-state index contributed by atoms with van der Waals surface area (Å²) in [5, 5.41) is 0. The first-order chi connectivity index (χ1) is 14.4. The number of allylic oxidation sites excluding steroid dienone is 3. The van der Waals surface area contributed by atoms with E-state index in [-0.39, 0.29) is 16.7 Å². The normalized spacial score (nSPS) is 38.2. The van der Waals surface area contributed by atoms with Crippen LogP contribution in [0.5, 0.6) is 0 Å². The lowest BCUT2D eigenvalue weighted by Crippen LogP contribution is -2.48. The number of aromatic nitrogens is 1. The Balaban J connectivity index is 1.46. The molecule has 2 heterocycles. The Bertz CT molecular complexity index is 931. The van der Waals surface area contributed by atoms with E-state index in [1.54, 1.807) is 5.57 Å². The molecule has 3 aliphatic carbocycles. The predicted octanol–water partition coefficient (Wildman–Crippen LogP) is 6.02. The standard InChI is InChI=1S/C27H36N2O/c1-5-18-14-19(16-28-15-18)22-8-9-23-21-7-6-20-17-29(4)25(30)11-13-26(20,2)24(21)10-12-27(22,23)3/h8,14-17,21,23-24H,5-7,9-13H2,1-4H3/t21?,23?,24?,26-,27+/m0/s1. The van der Waals surface area contributed by atoms with Crippen molar-refractivity contribution in [2.75, 3.05) is 7.05 Å². The summed E-state index contributed by atoms with van der Waals surface area (Å²) < 4.78 is 0. The highest BCUT2D eigenvalue weighted by molar-refractivity contribution is 5.77. The van der Waals surface area contributed by atoms with Crippen molar-refractivity contribution in [2.45, 2.75) is 72.1 Å². The lowest BCUT2D eigenvalue weighted by atomic mass is 9.47. The predicted molar refractivity (Wildman–Crippen MR) is 121 cm³/mol. The van der Waals surface area contributed by atoms with E-state index < -0.39 is 0 Å². The van der Waals surface area contributed by atoms with E-state index in [0.717, 1.165) is 31.1 Å². The monoisotopic (exact) mass is 404 g/mol. The van der Waals surface area contributed by atoms with Gasteiger partial charge in [0.25, 0.3) is 0 Å². The van der Waals surface area contributed by atoms with Gasteiger partial charge in [0.05, 0.1) is 0 Å². The van der Waals surface area contributed by atoms with Crippen LogP contribution in [0.3, 0.4) is 0 Å². The van der Waals surface area contributed by atoms with Crippen molar-refractivity contribution in [1.82, 2.24) is 9.88 Å². The quantitative estimate of drug-likeness (QED) is 0.604. The number of carbonyl (C=O) groups excluding carboxylic acids is 1. The zero-order valence-electron chi connectivity index (χ0n) is 19.1. The molecular formula is C27H36N2O. The van der Waals surface area contributed by atoms with Gasteiger partial charge in [0.15, 0.2) is 0 Å². The summed E-state index contributed by atoms with van der Waals surface area (Å²) in [4.78, 5) is 18.8. The fourth-order valence-corrected chi connectivity index (χ4v) is 7.58. The summed E-state index contributed by atoms with van der Waals surface area (Å²) in [6.07, 6.45) is 17.8. The molecule has 3 heteroatoms. The smallest absolute Gasteiger partial charge is 0.226 e. The van der Waals surface area contributed by atoms with Gasteiger partial charge in [0.2, 0.25) is 5.91 Å². The van der Waals surface area contributed by atoms with Crippen molar-refractivity contribution in [2.24, 2.45) is 28.6 Å². The summed E-state index contributed by atoms with van der Waals surface area (Å²) in [5.74, 6) is 2.48. The van der Waals surface area contributed by atoms with Crippen molar-refractivity contribution in [3.8, 4) is 0 Å². The van der Waals surface area contributed by atoms with E-state index in [2.05, 4.69) is 50.3 Å². The first-order valence-electron chi connectivity index (χ1n) is 12.0. The maximum atomic E-state index is 12.4. The average Bonchev–Trinajstić information content (AvgIpc) is 3.05. The lowest BCUT2D eigenvalue weighted by molar-refractivity contribution is -0.127. The van der Waals surface area contributed by atoms with Crippen LogP contribution in [-0.4, -0.2) is 22.8 Å². The Kier molecular flexibility index (Phi) is 4.72. The molecule has 160 valence electrons. The third-order valence-corrected chi connectivity index (χ3v) is 9.43. The van der Waals surface area contributed by atoms with Crippen molar-refractivity contribution in [1.29, 1.82) is 0 Å². The molecule has 1 aromatic rings. The molecule has 0 radical (unpaired) electrons. The number of pyridine rings is 1. The Morgan fingerprint density at radius 1 is 1.10 bits per heavy atom. The van der Waals surface area contributed by atoms with E-state index >= 15 is 0 Å². The fourth-order valence-electron chi connectivity index (χ4n) is 7.58. The lowest BCUT2D eigenvalue weighted by Gasteiger charge is -2.57. The minimum absolute atomic E-state index is 0.192. The summed E-state index contributed by atoms with van der Waals surface area (Å²) in [5.41, 5.74) is 6.23. The molecule has 2 fully saturated rings. The minimum Gasteiger partial charge on any atom is -0.322 e. The van der Waals surface area contributed by atoms with E-state index in [1.807, 2.05) is 18.1 Å². The van der Waals surface area contributed by atoms with Gasteiger partial charge in [0, 0.05) is 32.1 Å². The highest BCUT2D eigenvalue weighted by Crippen LogP contribution is 2.66. The van der Waals surface area contributed by atoms with E-state index in [0.29, 0.717) is 12.3 Å². The Morgan fingerprint density at radius 3 is 2.73 bits per heavy atom. The summed E-state index contributed by atoms with van der Waals surface area (Å²) >= 11 is 0. The molecular weight excluding hydrogens is 368 g/mol. The average molecular weight is 405 g/mol. The molecule has 1 aliphatic heterocycles. The highest BCUT2D eigenvalue weighted by Gasteiger charge is 2.57. The van der Waals surface area contributed by atoms with Gasteiger partial charge in [-0.05, 0) is 102 Å². The van der Waals surface area contributed by atoms with Gasteiger partial charge in [-0.25, -0.2) is 0 Å². The SMILES string of the molecule is CCc1cncc(C2=CCC3C4CCC5=CN(C)C(=O)CC[C@]5(C)C4CC[C@]23C)c1. The zero-order valence-corrected chi connectivity index (χ0v) is 19.1. The second-order valence-corrected chi connectivity index (χ2v) is 10.7. The van der Waals surface area contributed by atoms with Crippen molar-refractivity contribution < 1.29 is 4.79 Å². The van der Waals surface area contributed by atoms with Gasteiger partial charge in [-0.15, -0.1) is 0 Å². The van der Waals surface area contributed by atoms with Crippen molar-refractivity contribution >= 4 is 11.5 Å². The van der Waals surface area contributed by atoms with E-state index in [4.69, 9.17) is 0 Å². The number of aryl methyl sites for hydroxylation is 1. The van der Waals surface area contributed by atoms with Crippen molar-refractivity contribution in [3.05, 3.63) is 47.4 Å². The molecule has 4 aliphatic rings. The molecule has 0 spiro atoms. The van der Waals surface area contributed by atoms with Crippen LogP contribution in [0.2, 0.25) is 0 Å². The maximum absolute atomic E-state index is 12.4. The van der Waals surface area contributed by atoms with E-state index in [1.165, 1.54) is 42.4 Å². The Hall–Kier alpha value is -1.90. The van der Waals surface area contributed by atoms with Crippen LogP contribution in [0.1, 0.15) is 76.8 Å². The molecule has 0 bridgehead atoms. The number of fused-ring (bicyclic) bond motifs is 5. The molecule has 0 aromatic carbocycles. The van der Waals surface area contributed by atoms with Gasteiger partial charge in [-0.3, -0.25) is 9.78 Å². The summed E-state index contributed by atoms with van der Waals surface area (Å²) in [7, 11) is 1.94. The number of rotatable bonds is 2. The molecule has 5 atom stereocenters. The van der Waals surface area contributed by atoms with Gasteiger partial charge < -0.3 is 4.90 Å². The first-order valence-corrected chi connectivity index (χ1v) is 12.0. The van der Waals surface area contributed by atoms with Crippen LogP contribution in [0.4, 0.5) is 0 Å². The van der Waals surface area contributed by atoms with E-state index in [9.17, 15) is 4.79 Å². The van der Waals surface area contributed by atoms with Crippen LogP contribution >= 0.6 is 0 Å². The third kappa shape index (κ3) is 2.84. The minimum atomic E-state index is 0.192. The molecule has 3 nitrogen and oxygen atoms in total. The topological polar surface area (TPSA) is 33.2 Å². The molecule has 30 heavy (non-hydrogen) atoms. The largest absolute Gasteiger partial charge is 0.322 e. The van der Waals surface area contributed by atoms with Crippen LogP contribution in [0.25, 0.3) is 5.57 Å². The molecule has 0 N–H and O–H groups in total. The van der Waals surface area contributed by atoms with Gasteiger partial charge in [0.1, 0.15) is 0 Å². The number of hydrogen-bond donors (Lipinski definition) is 0. The first kappa shape index (κ1) is 20.0. The number of nitrogens with zero attached hydrogens (tertiary/aromatic N) is 2. The highest BCUT2D eigenvalue weighted by atomic mass is 16.2. The second kappa shape index (κ2) is 7.07. The van der Waals surface area contributed by atoms with Gasteiger partial charge >= 0.3 is 0 Å². The fraction of sp³-hybridized carbons (Fsp3) is 0.630. The Labute approximate surface area is 181 Å². The van der Waals surface area contributed by atoms with Crippen LogP contribution in [0.15, 0.2) is 36.3 Å². The summed E-state index contributed by atoms with van der Waals surface area (Å²) in [6, 6.07) is 2.37. The maximum Gasteiger partial charge on any atom is 0.226 e. The van der Waals surface area contributed by atoms with Crippen molar-refractivity contribution in [3.63, 3.8) is 0 Å². The Morgan fingerprint density at radius 2 is 1.93 bits per heavy atom. The van der Waals surface area contributed by atoms with Crippen LogP contribution in [-0.2, 0) is 11.2 Å². The molecule has 2 saturated carbocycles. The number of carbonyl (C=O) groups is 1. The molecule has 1 amide bonds. The molecule has 5 rings (SSSR count). The molecule has 3 unspecified atom stereocenters. The third-order valence-electron chi connectivity index (χ3n) is 9.43. The van der Waals surface area contributed by atoms with Crippen LogP contribution < -0.4 is 0 Å². The second-order valence-electron chi connectivity index (χ2n) is 10.7. The summed E-state index contributed by atoms with van der Waals surface area (Å²) in [6.45, 7) is 7.22. The number of amides is 1.